The molecule has 0 spiro atoms. The van der Waals surface area contributed by atoms with Crippen LogP contribution in [0.3, 0.4) is 0 Å². The first-order valence-corrected chi connectivity index (χ1v) is 8.84. The predicted octanol–water partition coefficient (Wildman–Crippen LogP) is 3.08. The molecule has 0 saturated heterocycles. The van der Waals surface area contributed by atoms with E-state index in [1.54, 1.807) is 25.2 Å². The van der Waals surface area contributed by atoms with Crippen LogP contribution in [0, 0.1) is 6.92 Å². The van der Waals surface area contributed by atoms with Crippen LogP contribution in [0.5, 0.6) is 11.5 Å². The maximum atomic E-state index is 13.0. The zero-order chi connectivity index (χ0) is 21.3. The highest BCUT2D eigenvalue weighted by Gasteiger charge is 2.49. The summed E-state index contributed by atoms with van der Waals surface area (Å²) >= 11 is 0. The Labute approximate surface area is 167 Å². The first-order chi connectivity index (χ1) is 13.7. The molecule has 0 unspecified atom stereocenters. The van der Waals surface area contributed by atoms with Crippen molar-refractivity contribution in [3.63, 3.8) is 0 Å². The van der Waals surface area contributed by atoms with Gasteiger partial charge in [-0.1, -0.05) is 6.08 Å². The largest absolute Gasteiger partial charge is 0.508 e. The third-order valence-corrected chi connectivity index (χ3v) is 4.69. The number of hydrogen-bond acceptors (Lipinski definition) is 7. The smallest absolute Gasteiger partial charge is 0.343 e. The van der Waals surface area contributed by atoms with Gasteiger partial charge in [0.05, 0.1) is 12.7 Å². The molecule has 1 atom stereocenters. The Hall–Kier alpha value is -3.61. The zero-order valence-electron chi connectivity index (χ0n) is 16.4. The monoisotopic (exact) mass is 396 g/mol. The highest BCUT2D eigenvalue weighted by Crippen LogP contribution is 2.35. The van der Waals surface area contributed by atoms with Crippen molar-refractivity contribution in [2.24, 2.45) is 0 Å². The fraction of sp³-hybridized carbons (Fsp3) is 0.227. The van der Waals surface area contributed by atoms with Crippen molar-refractivity contribution in [1.29, 1.82) is 0 Å². The molecule has 1 aromatic carbocycles. The highest BCUT2D eigenvalue weighted by atomic mass is 16.6. The highest BCUT2D eigenvalue weighted by molar-refractivity contribution is 6.26. The normalized spacial score (nSPS) is 21.0. The van der Waals surface area contributed by atoms with Crippen LogP contribution in [-0.4, -0.2) is 35.4 Å². The molecule has 0 aromatic heterocycles. The van der Waals surface area contributed by atoms with Gasteiger partial charge >= 0.3 is 5.97 Å². The number of ether oxygens (including phenoxy) is 3. The summed E-state index contributed by atoms with van der Waals surface area (Å²) in [6.45, 7) is 4.64. The molecule has 1 N–H and O–H groups in total. The summed E-state index contributed by atoms with van der Waals surface area (Å²) in [5, 5.41) is 9.70. The molecule has 7 heteroatoms. The van der Waals surface area contributed by atoms with Crippen molar-refractivity contribution >= 4 is 17.5 Å². The molecular formula is C22H20O7. The van der Waals surface area contributed by atoms with E-state index in [0.717, 1.165) is 0 Å². The van der Waals surface area contributed by atoms with Crippen molar-refractivity contribution in [3.05, 3.63) is 70.7 Å². The molecule has 150 valence electrons. The quantitative estimate of drug-likeness (QED) is 0.617. The molecule has 0 saturated carbocycles. The van der Waals surface area contributed by atoms with Crippen LogP contribution < -0.4 is 4.74 Å². The Kier molecular flexibility index (Phi) is 5.16. The standard InChI is InChI=1S/C22H20O7/c1-5-6-15-8-13-9-18(24)22(3,20(25)16(13)11-28-15)29-21(26)19-12(2)7-14(23)10-17(19)27-4/h5-11,23H,1-4H3/t22-/m1/s1. The molecule has 29 heavy (non-hydrogen) atoms. The van der Waals surface area contributed by atoms with E-state index in [1.165, 1.54) is 38.5 Å². The number of phenols is 1. The lowest BCUT2D eigenvalue weighted by Gasteiger charge is -2.31. The molecular weight excluding hydrogens is 376 g/mol. The second-order valence-electron chi connectivity index (χ2n) is 6.75. The molecule has 1 heterocycles. The van der Waals surface area contributed by atoms with Crippen LogP contribution in [0.1, 0.15) is 29.8 Å². The first-order valence-electron chi connectivity index (χ1n) is 8.84. The van der Waals surface area contributed by atoms with Gasteiger partial charge in [-0.2, -0.15) is 0 Å². The minimum absolute atomic E-state index is 0.0195. The minimum atomic E-state index is -2.04. The predicted molar refractivity (Wildman–Crippen MR) is 103 cm³/mol. The van der Waals surface area contributed by atoms with Crippen molar-refractivity contribution in [2.75, 3.05) is 7.11 Å². The van der Waals surface area contributed by atoms with Gasteiger partial charge < -0.3 is 19.3 Å². The summed E-state index contributed by atoms with van der Waals surface area (Å²) < 4.78 is 15.9. The van der Waals surface area contributed by atoms with Gasteiger partial charge in [0.15, 0.2) is 0 Å². The third-order valence-electron chi connectivity index (χ3n) is 4.69. The first kappa shape index (κ1) is 20.1. The van der Waals surface area contributed by atoms with E-state index in [0.29, 0.717) is 16.9 Å². The Morgan fingerprint density at radius 3 is 2.62 bits per heavy atom. The van der Waals surface area contributed by atoms with Gasteiger partial charge in [0.1, 0.15) is 29.1 Å². The number of Topliss-reactive ketones (excluding diaryl/α,β-unsaturated/α-hetero) is 1. The van der Waals surface area contributed by atoms with Gasteiger partial charge in [-0.15, -0.1) is 0 Å². The minimum Gasteiger partial charge on any atom is -0.508 e. The van der Waals surface area contributed by atoms with Crippen LogP contribution >= 0.6 is 0 Å². The van der Waals surface area contributed by atoms with Crippen molar-refractivity contribution in [3.8, 4) is 11.5 Å². The van der Waals surface area contributed by atoms with Crippen molar-refractivity contribution in [2.45, 2.75) is 26.4 Å². The lowest BCUT2D eigenvalue weighted by molar-refractivity contribution is -0.145. The second-order valence-corrected chi connectivity index (χ2v) is 6.75. The molecule has 0 amide bonds. The van der Waals surface area contributed by atoms with Crippen LogP contribution in [0.2, 0.25) is 0 Å². The lowest BCUT2D eigenvalue weighted by atomic mass is 9.80. The van der Waals surface area contributed by atoms with Gasteiger partial charge in [0.2, 0.25) is 17.2 Å². The number of benzene rings is 1. The average molecular weight is 396 g/mol. The number of carbonyl (C=O) groups excluding carboxylic acids is 3. The maximum absolute atomic E-state index is 13.0. The van der Waals surface area contributed by atoms with E-state index in [9.17, 15) is 19.5 Å². The Morgan fingerprint density at radius 2 is 1.97 bits per heavy atom. The van der Waals surface area contributed by atoms with Crippen LogP contribution in [-0.2, 0) is 19.1 Å². The maximum Gasteiger partial charge on any atom is 0.343 e. The molecule has 1 aliphatic heterocycles. The molecule has 7 nitrogen and oxygen atoms in total. The number of fused-ring (bicyclic) bond motifs is 1. The van der Waals surface area contributed by atoms with Crippen LogP contribution in [0.25, 0.3) is 0 Å². The topological polar surface area (TPSA) is 99.1 Å². The Bertz CT molecular complexity index is 1040. The number of phenolic OH excluding ortho intramolecular Hbond substituents is 1. The van der Waals surface area contributed by atoms with Gasteiger partial charge in [-0.05, 0) is 56.2 Å². The Balaban J connectivity index is 1.98. The summed E-state index contributed by atoms with van der Waals surface area (Å²) in [7, 11) is 1.33. The van der Waals surface area contributed by atoms with E-state index in [4.69, 9.17) is 14.2 Å². The summed E-state index contributed by atoms with van der Waals surface area (Å²) in [6, 6.07) is 2.61. The Morgan fingerprint density at radius 1 is 1.24 bits per heavy atom. The number of rotatable bonds is 4. The molecule has 1 aliphatic carbocycles. The van der Waals surface area contributed by atoms with Gasteiger partial charge in [-0.25, -0.2) is 4.79 Å². The van der Waals surface area contributed by atoms with Crippen LogP contribution in [0.4, 0.5) is 0 Å². The molecule has 0 bridgehead atoms. The summed E-state index contributed by atoms with van der Waals surface area (Å²) in [6.07, 6.45) is 7.52. The van der Waals surface area contributed by atoms with Gasteiger partial charge in [0.25, 0.3) is 0 Å². The average Bonchev–Trinajstić information content (AvgIpc) is 2.66. The van der Waals surface area contributed by atoms with E-state index < -0.39 is 23.1 Å². The summed E-state index contributed by atoms with van der Waals surface area (Å²) in [5.74, 6) is -1.79. The van der Waals surface area contributed by atoms with E-state index in [-0.39, 0.29) is 22.6 Å². The van der Waals surface area contributed by atoms with E-state index in [2.05, 4.69) is 0 Å². The number of carbonyl (C=O) groups is 3. The van der Waals surface area contributed by atoms with Crippen LogP contribution in [0.15, 0.2) is 59.6 Å². The van der Waals surface area contributed by atoms with E-state index in [1.807, 2.05) is 6.92 Å². The summed E-state index contributed by atoms with van der Waals surface area (Å²) in [4.78, 5) is 38.6. The second kappa shape index (κ2) is 7.43. The molecule has 0 radical (unpaired) electrons. The number of aromatic hydroxyl groups is 1. The van der Waals surface area contributed by atoms with E-state index >= 15 is 0 Å². The van der Waals surface area contributed by atoms with Crippen molar-refractivity contribution < 1.29 is 33.7 Å². The third kappa shape index (κ3) is 3.47. The fourth-order valence-electron chi connectivity index (χ4n) is 3.16. The van der Waals surface area contributed by atoms with Crippen molar-refractivity contribution in [1.82, 2.24) is 0 Å². The summed E-state index contributed by atoms with van der Waals surface area (Å²) in [5.41, 5.74) is -1.11. The number of hydrogen-bond donors (Lipinski definition) is 1. The number of aryl methyl sites for hydroxylation is 1. The number of ketones is 2. The lowest BCUT2D eigenvalue weighted by Crippen LogP contribution is -2.50. The molecule has 1 aromatic rings. The molecule has 0 fully saturated rings. The van der Waals surface area contributed by atoms with Gasteiger partial charge in [-0.3, -0.25) is 9.59 Å². The number of methoxy groups -OCH3 is 1. The number of allylic oxidation sites excluding steroid dienone is 4. The molecule has 3 rings (SSSR count). The molecule has 2 aliphatic rings. The zero-order valence-corrected chi connectivity index (χ0v) is 16.4. The fourth-order valence-corrected chi connectivity index (χ4v) is 3.16. The van der Waals surface area contributed by atoms with Gasteiger partial charge in [0, 0.05) is 6.07 Å². The SMILES string of the molecule is CC=CC1=CC2=CC(=O)[C@@](C)(OC(=O)c3c(C)cc(O)cc3OC)C(=O)C2=CO1. The number of esters is 1.